The highest BCUT2D eigenvalue weighted by Gasteiger charge is 2.37. The highest BCUT2D eigenvalue weighted by atomic mass is 32.2. The average molecular weight is 391 g/mol. The van der Waals surface area contributed by atoms with Gasteiger partial charge in [0, 0.05) is 0 Å². The van der Waals surface area contributed by atoms with Gasteiger partial charge in [-0.25, -0.2) is 0 Å². The van der Waals surface area contributed by atoms with Crippen LogP contribution in [-0.2, 0) is 14.3 Å². The SMILES string of the molecule is O=C(O)CNC(=O)CSC(c1ccccc1)(c1ccccc1)c1ccccc1. The fourth-order valence-corrected chi connectivity index (χ4v) is 4.53. The molecule has 0 bridgehead atoms. The molecule has 0 spiro atoms. The van der Waals surface area contributed by atoms with Gasteiger partial charge in [0.2, 0.25) is 5.91 Å². The predicted octanol–water partition coefficient (Wildman–Crippen LogP) is 3.91. The number of carbonyl (C=O) groups is 2. The second-order valence-corrected chi connectivity index (χ2v) is 7.43. The lowest BCUT2D eigenvalue weighted by atomic mass is 9.84. The van der Waals surface area contributed by atoms with E-state index in [9.17, 15) is 9.59 Å². The van der Waals surface area contributed by atoms with Crippen LogP contribution in [0.1, 0.15) is 16.7 Å². The van der Waals surface area contributed by atoms with Gasteiger partial charge in [-0.2, -0.15) is 0 Å². The van der Waals surface area contributed by atoms with Crippen molar-refractivity contribution < 1.29 is 14.7 Å². The van der Waals surface area contributed by atoms with E-state index in [4.69, 9.17) is 5.11 Å². The van der Waals surface area contributed by atoms with Gasteiger partial charge in [-0.05, 0) is 16.7 Å². The normalized spacial score (nSPS) is 11.0. The molecule has 3 rings (SSSR count). The van der Waals surface area contributed by atoms with Crippen molar-refractivity contribution in [2.24, 2.45) is 0 Å². The molecular weight excluding hydrogens is 370 g/mol. The van der Waals surface area contributed by atoms with Crippen molar-refractivity contribution in [1.82, 2.24) is 5.32 Å². The van der Waals surface area contributed by atoms with Crippen LogP contribution in [0.4, 0.5) is 0 Å². The van der Waals surface area contributed by atoms with Crippen molar-refractivity contribution in [2.75, 3.05) is 12.3 Å². The van der Waals surface area contributed by atoms with Gasteiger partial charge in [0.25, 0.3) is 0 Å². The van der Waals surface area contributed by atoms with Crippen molar-refractivity contribution in [3.63, 3.8) is 0 Å². The van der Waals surface area contributed by atoms with Crippen LogP contribution in [0.2, 0.25) is 0 Å². The summed E-state index contributed by atoms with van der Waals surface area (Å²) >= 11 is 1.48. The molecule has 3 aromatic rings. The van der Waals surface area contributed by atoms with E-state index in [1.165, 1.54) is 11.8 Å². The first-order valence-electron chi connectivity index (χ1n) is 8.92. The number of amides is 1. The quantitative estimate of drug-likeness (QED) is 0.572. The number of benzene rings is 3. The third-order valence-electron chi connectivity index (χ3n) is 4.40. The van der Waals surface area contributed by atoms with Crippen LogP contribution in [0.5, 0.6) is 0 Å². The summed E-state index contributed by atoms with van der Waals surface area (Å²) in [4.78, 5) is 23.0. The van der Waals surface area contributed by atoms with Crippen LogP contribution in [0, 0.1) is 0 Å². The summed E-state index contributed by atoms with van der Waals surface area (Å²) in [5, 5.41) is 11.3. The standard InChI is InChI=1S/C23H21NO3S/c25-21(24-16-22(26)27)17-28-23(18-10-4-1-5-11-18,19-12-6-2-7-13-19)20-14-8-3-9-15-20/h1-15H,16-17H2,(H,24,25)(H,26,27). The molecule has 0 aliphatic rings. The Morgan fingerprint density at radius 1 is 0.750 bits per heavy atom. The lowest BCUT2D eigenvalue weighted by Crippen LogP contribution is -2.33. The van der Waals surface area contributed by atoms with Crippen LogP contribution < -0.4 is 5.32 Å². The van der Waals surface area contributed by atoms with Gasteiger partial charge < -0.3 is 10.4 Å². The summed E-state index contributed by atoms with van der Waals surface area (Å²) < 4.78 is -0.593. The van der Waals surface area contributed by atoms with Gasteiger partial charge in [-0.3, -0.25) is 9.59 Å². The Hall–Kier alpha value is -3.05. The zero-order valence-electron chi connectivity index (χ0n) is 15.2. The molecule has 0 saturated heterocycles. The Morgan fingerprint density at radius 3 is 1.50 bits per heavy atom. The Bertz CT molecular complexity index is 818. The summed E-state index contributed by atoms with van der Waals surface area (Å²) in [5.74, 6) is -1.23. The first-order valence-corrected chi connectivity index (χ1v) is 9.90. The van der Waals surface area contributed by atoms with Gasteiger partial charge in [0.1, 0.15) is 6.54 Å². The van der Waals surface area contributed by atoms with Gasteiger partial charge in [-0.15, -0.1) is 11.8 Å². The molecule has 142 valence electrons. The Labute approximate surface area is 168 Å². The summed E-state index contributed by atoms with van der Waals surface area (Å²) in [6.45, 7) is -0.381. The van der Waals surface area contributed by atoms with Crippen molar-refractivity contribution in [1.29, 1.82) is 0 Å². The van der Waals surface area contributed by atoms with E-state index >= 15 is 0 Å². The Balaban J connectivity index is 2.06. The van der Waals surface area contributed by atoms with Gasteiger partial charge >= 0.3 is 5.97 Å². The summed E-state index contributed by atoms with van der Waals surface area (Å²) in [7, 11) is 0. The van der Waals surface area contributed by atoms with Crippen LogP contribution in [0.15, 0.2) is 91.0 Å². The Morgan fingerprint density at radius 2 is 1.14 bits per heavy atom. The third kappa shape index (κ3) is 4.43. The van der Waals surface area contributed by atoms with E-state index < -0.39 is 10.7 Å². The van der Waals surface area contributed by atoms with E-state index in [1.54, 1.807) is 0 Å². The maximum atomic E-state index is 12.3. The highest BCUT2D eigenvalue weighted by molar-refractivity contribution is 8.01. The van der Waals surface area contributed by atoms with Crippen molar-refractivity contribution in [2.45, 2.75) is 4.75 Å². The second kappa shape index (κ2) is 9.24. The minimum Gasteiger partial charge on any atom is -0.480 e. The monoisotopic (exact) mass is 391 g/mol. The van der Waals surface area contributed by atoms with Crippen LogP contribution in [-0.4, -0.2) is 29.3 Å². The first-order chi connectivity index (χ1) is 13.6. The fourth-order valence-electron chi connectivity index (χ4n) is 3.17. The van der Waals surface area contributed by atoms with Crippen LogP contribution in [0.3, 0.4) is 0 Å². The number of thioether (sulfide) groups is 1. The molecule has 0 fully saturated rings. The van der Waals surface area contributed by atoms with E-state index in [0.29, 0.717) is 0 Å². The number of nitrogens with one attached hydrogen (secondary N) is 1. The van der Waals surface area contributed by atoms with Gasteiger partial charge in [-0.1, -0.05) is 91.0 Å². The molecule has 2 N–H and O–H groups in total. The predicted molar refractivity (Wildman–Crippen MR) is 112 cm³/mol. The molecule has 5 heteroatoms. The third-order valence-corrected chi connectivity index (χ3v) is 5.94. The minimum atomic E-state index is -1.06. The summed E-state index contributed by atoms with van der Waals surface area (Å²) in [5.41, 5.74) is 3.18. The van der Waals surface area contributed by atoms with Crippen LogP contribution in [0.25, 0.3) is 0 Å². The molecule has 0 saturated carbocycles. The van der Waals surface area contributed by atoms with Gasteiger partial charge in [0.15, 0.2) is 0 Å². The largest absolute Gasteiger partial charge is 0.480 e. The molecule has 0 radical (unpaired) electrons. The highest BCUT2D eigenvalue weighted by Crippen LogP contribution is 2.48. The van der Waals surface area contributed by atoms with Crippen molar-refractivity contribution >= 4 is 23.6 Å². The fraction of sp³-hybridized carbons (Fsp3) is 0.130. The number of carboxylic acid groups (broad SMARTS) is 1. The zero-order chi connectivity index (χ0) is 19.8. The molecule has 1 amide bonds. The molecule has 0 aliphatic heterocycles. The lowest BCUT2D eigenvalue weighted by Gasteiger charge is -2.35. The molecule has 28 heavy (non-hydrogen) atoms. The second-order valence-electron chi connectivity index (χ2n) is 6.24. The molecule has 3 aromatic carbocycles. The number of hydrogen-bond donors (Lipinski definition) is 2. The summed E-state index contributed by atoms with van der Waals surface area (Å²) in [6, 6.07) is 30.2. The first kappa shape index (κ1) is 19.7. The maximum Gasteiger partial charge on any atom is 0.322 e. The number of hydrogen-bond acceptors (Lipinski definition) is 3. The number of carbonyl (C=O) groups excluding carboxylic acids is 1. The smallest absolute Gasteiger partial charge is 0.322 e. The molecule has 0 heterocycles. The van der Waals surface area contributed by atoms with Crippen molar-refractivity contribution in [3.8, 4) is 0 Å². The van der Waals surface area contributed by atoms with E-state index in [2.05, 4.69) is 41.7 Å². The minimum absolute atomic E-state index is 0.131. The topological polar surface area (TPSA) is 66.4 Å². The van der Waals surface area contributed by atoms with E-state index in [1.807, 2.05) is 54.6 Å². The van der Waals surface area contributed by atoms with Gasteiger partial charge in [0.05, 0.1) is 10.5 Å². The maximum absolute atomic E-state index is 12.3. The van der Waals surface area contributed by atoms with Crippen LogP contribution >= 0.6 is 11.8 Å². The molecule has 0 unspecified atom stereocenters. The molecular formula is C23H21NO3S. The summed E-state index contributed by atoms with van der Waals surface area (Å²) in [6.07, 6.45) is 0. The van der Waals surface area contributed by atoms with E-state index in [0.717, 1.165) is 16.7 Å². The molecule has 0 aliphatic carbocycles. The lowest BCUT2D eigenvalue weighted by molar-refractivity contribution is -0.137. The molecule has 0 aromatic heterocycles. The number of carboxylic acids is 1. The molecule has 4 nitrogen and oxygen atoms in total. The average Bonchev–Trinajstić information content (AvgIpc) is 2.75. The van der Waals surface area contributed by atoms with Crippen molar-refractivity contribution in [3.05, 3.63) is 108 Å². The zero-order valence-corrected chi connectivity index (χ0v) is 16.1. The molecule has 0 atom stereocenters. The number of aliphatic carboxylic acids is 1. The number of rotatable bonds is 8. The Kier molecular flexibility index (Phi) is 6.50. The van der Waals surface area contributed by atoms with E-state index in [-0.39, 0.29) is 18.2 Å².